The van der Waals surface area contributed by atoms with E-state index in [4.69, 9.17) is 4.74 Å². The first-order valence-electron chi connectivity index (χ1n) is 5.94. The van der Waals surface area contributed by atoms with Crippen LogP contribution < -0.4 is 10.1 Å². The van der Waals surface area contributed by atoms with E-state index in [1.54, 1.807) is 12.1 Å². The van der Waals surface area contributed by atoms with Crippen LogP contribution in [-0.4, -0.2) is 11.5 Å². The van der Waals surface area contributed by atoms with Crippen molar-refractivity contribution < 1.29 is 9.13 Å². The molecule has 0 saturated heterocycles. The molecule has 1 aromatic carbocycles. The largest absolute Gasteiger partial charge is 0.439 e. The standard InChI is InChI=1S/C14H13FN2O/c15-11-2-4-12(5-3-11)18-14-6-1-10-9-16-8-7-13(10)17-14/h1-6,16H,7-9H2. The Morgan fingerprint density at radius 3 is 2.78 bits per heavy atom. The van der Waals surface area contributed by atoms with E-state index >= 15 is 0 Å². The fourth-order valence-corrected chi connectivity index (χ4v) is 2.00. The average molecular weight is 244 g/mol. The fourth-order valence-electron chi connectivity index (χ4n) is 2.00. The minimum atomic E-state index is -0.271. The van der Waals surface area contributed by atoms with Crippen LogP contribution in [0, 0.1) is 5.82 Å². The molecular weight excluding hydrogens is 231 g/mol. The minimum Gasteiger partial charge on any atom is -0.439 e. The van der Waals surface area contributed by atoms with Crippen LogP contribution in [0.15, 0.2) is 36.4 Å². The van der Waals surface area contributed by atoms with Crippen LogP contribution in [-0.2, 0) is 13.0 Å². The van der Waals surface area contributed by atoms with Gasteiger partial charge >= 0.3 is 0 Å². The van der Waals surface area contributed by atoms with Crippen molar-refractivity contribution in [1.82, 2.24) is 10.3 Å². The lowest BCUT2D eigenvalue weighted by Crippen LogP contribution is -2.24. The van der Waals surface area contributed by atoms with Crippen LogP contribution in [0.1, 0.15) is 11.3 Å². The summed E-state index contributed by atoms with van der Waals surface area (Å²) < 4.78 is 18.4. The highest BCUT2D eigenvalue weighted by molar-refractivity contribution is 5.31. The second-order valence-corrected chi connectivity index (χ2v) is 4.24. The van der Waals surface area contributed by atoms with Gasteiger partial charge in [0.15, 0.2) is 0 Å². The number of rotatable bonds is 2. The van der Waals surface area contributed by atoms with Gasteiger partial charge in [-0.05, 0) is 29.8 Å². The third kappa shape index (κ3) is 2.33. The lowest BCUT2D eigenvalue weighted by Gasteiger charge is -2.16. The van der Waals surface area contributed by atoms with Gasteiger partial charge in [0.25, 0.3) is 0 Å². The average Bonchev–Trinajstić information content (AvgIpc) is 2.41. The zero-order valence-electron chi connectivity index (χ0n) is 9.82. The molecule has 0 saturated carbocycles. The van der Waals surface area contributed by atoms with Crippen LogP contribution in [0.25, 0.3) is 0 Å². The van der Waals surface area contributed by atoms with Crippen molar-refractivity contribution in [3.8, 4) is 11.6 Å². The molecule has 0 aliphatic carbocycles. The molecule has 0 bridgehead atoms. The molecule has 18 heavy (non-hydrogen) atoms. The Labute approximate surface area is 105 Å². The lowest BCUT2D eigenvalue weighted by atomic mass is 10.1. The number of halogens is 1. The van der Waals surface area contributed by atoms with Gasteiger partial charge in [-0.3, -0.25) is 0 Å². The predicted molar refractivity (Wildman–Crippen MR) is 66.1 cm³/mol. The summed E-state index contributed by atoms with van der Waals surface area (Å²) in [7, 11) is 0. The molecule has 2 aromatic rings. The molecule has 1 aliphatic rings. The molecule has 1 aliphatic heterocycles. The van der Waals surface area contributed by atoms with E-state index in [0.29, 0.717) is 11.6 Å². The second kappa shape index (κ2) is 4.74. The molecule has 4 heteroatoms. The third-order valence-corrected chi connectivity index (χ3v) is 2.93. The number of hydrogen-bond acceptors (Lipinski definition) is 3. The molecule has 0 amide bonds. The van der Waals surface area contributed by atoms with E-state index in [1.165, 1.54) is 17.7 Å². The zero-order chi connectivity index (χ0) is 12.4. The number of benzene rings is 1. The molecule has 1 N–H and O–H groups in total. The number of nitrogens with zero attached hydrogens (tertiary/aromatic N) is 1. The van der Waals surface area contributed by atoms with Crippen molar-refractivity contribution in [3.63, 3.8) is 0 Å². The van der Waals surface area contributed by atoms with E-state index in [1.807, 2.05) is 12.1 Å². The first kappa shape index (κ1) is 11.2. The Kier molecular flexibility index (Phi) is 2.94. The third-order valence-electron chi connectivity index (χ3n) is 2.93. The zero-order valence-corrected chi connectivity index (χ0v) is 9.82. The van der Waals surface area contributed by atoms with Crippen molar-refractivity contribution in [2.75, 3.05) is 6.54 Å². The van der Waals surface area contributed by atoms with Gasteiger partial charge in [-0.2, -0.15) is 0 Å². The SMILES string of the molecule is Fc1ccc(Oc2ccc3c(n2)CCNC3)cc1. The van der Waals surface area contributed by atoms with Gasteiger partial charge in [0.1, 0.15) is 11.6 Å². The molecule has 0 spiro atoms. The predicted octanol–water partition coefficient (Wildman–Crippen LogP) is 2.66. The maximum atomic E-state index is 12.8. The van der Waals surface area contributed by atoms with E-state index in [0.717, 1.165) is 25.2 Å². The van der Waals surface area contributed by atoms with E-state index in [2.05, 4.69) is 10.3 Å². The summed E-state index contributed by atoms with van der Waals surface area (Å²) in [5.41, 5.74) is 2.29. The van der Waals surface area contributed by atoms with Crippen LogP contribution in [0.2, 0.25) is 0 Å². The lowest BCUT2D eigenvalue weighted by molar-refractivity contribution is 0.456. The number of ether oxygens (including phenoxy) is 1. The number of nitrogens with one attached hydrogen (secondary N) is 1. The molecule has 0 radical (unpaired) electrons. The van der Waals surface area contributed by atoms with Crippen molar-refractivity contribution in [2.45, 2.75) is 13.0 Å². The van der Waals surface area contributed by atoms with Crippen LogP contribution >= 0.6 is 0 Å². The molecule has 3 rings (SSSR count). The Bertz CT molecular complexity index is 554. The maximum Gasteiger partial charge on any atom is 0.219 e. The molecule has 1 aromatic heterocycles. The number of hydrogen-bond donors (Lipinski definition) is 1. The normalized spacial score (nSPS) is 14.1. The van der Waals surface area contributed by atoms with Gasteiger partial charge in [0.05, 0.1) is 5.69 Å². The number of aromatic nitrogens is 1. The molecule has 0 unspecified atom stereocenters. The minimum absolute atomic E-state index is 0.271. The van der Waals surface area contributed by atoms with E-state index in [-0.39, 0.29) is 5.82 Å². The van der Waals surface area contributed by atoms with Crippen molar-refractivity contribution in [1.29, 1.82) is 0 Å². The van der Waals surface area contributed by atoms with E-state index < -0.39 is 0 Å². The summed E-state index contributed by atoms with van der Waals surface area (Å²) in [4.78, 5) is 4.48. The molecule has 3 nitrogen and oxygen atoms in total. The Morgan fingerprint density at radius 2 is 1.94 bits per heavy atom. The van der Waals surface area contributed by atoms with Crippen molar-refractivity contribution in [2.24, 2.45) is 0 Å². The molecular formula is C14H13FN2O. The Morgan fingerprint density at radius 1 is 1.11 bits per heavy atom. The van der Waals surface area contributed by atoms with Gasteiger partial charge < -0.3 is 10.1 Å². The quantitative estimate of drug-likeness (QED) is 0.881. The highest BCUT2D eigenvalue weighted by Crippen LogP contribution is 2.22. The smallest absolute Gasteiger partial charge is 0.219 e. The monoisotopic (exact) mass is 244 g/mol. The Balaban J connectivity index is 1.82. The molecule has 0 fully saturated rings. The number of fused-ring (bicyclic) bond motifs is 1. The van der Waals surface area contributed by atoms with Gasteiger partial charge in [-0.15, -0.1) is 0 Å². The summed E-state index contributed by atoms with van der Waals surface area (Å²) in [6, 6.07) is 9.80. The van der Waals surface area contributed by atoms with Gasteiger partial charge in [-0.25, -0.2) is 9.37 Å². The molecule has 0 atom stereocenters. The first-order valence-corrected chi connectivity index (χ1v) is 5.94. The van der Waals surface area contributed by atoms with Crippen molar-refractivity contribution in [3.05, 3.63) is 53.5 Å². The van der Waals surface area contributed by atoms with Gasteiger partial charge in [-0.1, -0.05) is 6.07 Å². The van der Waals surface area contributed by atoms with Gasteiger partial charge in [0.2, 0.25) is 5.88 Å². The van der Waals surface area contributed by atoms with Crippen LogP contribution in [0.4, 0.5) is 4.39 Å². The van der Waals surface area contributed by atoms with Crippen LogP contribution in [0.5, 0.6) is 11.6 Å². The summed E-state index contributed by atoms with van der Waals surface area (Å²) in [5.74, 6) is 0.881. The van der Waals surface area contributed by atoms with Crippen molar-refractivity contribution >= 4 is 0 Å². The fraction of sp³-hybridized carbons (Fsp3) is 0.214. The highest BCUT2D eigenvalue weighted by atomic mass is 19.1. The number of pyridine rings is 1. The maximum absolute atomic E-state index is 12.8. The molecule has 2 heterocycles. The molecule has 92 valence electrons. The first-order chi connectivity index (χ1) is 8.81. The van der Waals surface area contributed by atoms with Crippen LogP contribution in [0.3, 0.4) is 0 Å². The summed E-state index contributed by atoms with van der Waals surface area (Å²) in [6.07, 6.45) is 0.913. The second-order valence-electron chi connectivity index (χ2n) is 4.24. The summed E-state index contributed by atoms with van der Waals surface area (Å²) in [5, 5.41) is 3.29. The topological polar surface area (TPSA) is 34.1 Å². The van der Waals surface area contributed by atoms with Gasteiger partial charge in [0, 0.05) is 25.6 Å². The Hall–Kier alpha value is -1.94. The summed E-state index contributed by atoms with van der Waals surface area (Å²) >= 11 is 0. The highest BCUT2D eigenvalue weighted by Gasteiger charge is 2.11. The summed E-state index contributed by atoms with van der Waals surface area (Å²) in [6.45, 7) is 1.80. The van der Waals surface area contributed by atoms with E-state index in [9.17, 15) is 4.39 Å².